The fourth-order valence-corrected chi connectivity index (χ4v) is 2.64. The largest absolute Gasteiger partial charge is 0.329 e. The number of aryl methyl sites for hydroxylation is 1. The summed E-state index contributed by atoms with van der Waals surface area (Å²) in [6.07, 6.45) is 8.64. The Morgan fingerprint density at radius 3 is 2.72 bits per heavy atom. The van der Waals surface area contributed by atoms with Crippen LogP contribution in [0.5, 0.6) is 0 Å². The molecule has 18 heavy (non-hydrogen) atoms. The molecule has 4 heteroatoms. The maximum Gasteiger partial charge on any atom is 0.231 e. The molecule has 0 aromatic carbocycles. The minimum absolute atomic E-state index is 0.0529. The normalized spacial score (nSPS) is 18.3. The van der Waals surface area contributed by atoms with E-state index in [2.05, 4.69) is 10.3 Å². The van der Waals surface area contributed by atoms with Gasteiger partial charge in [0.2, 0.25) is 5.91 Å². The molecule has 0 saturated heterocycles. The average molecular weight is 247 g/mol. The van der Waals surface area contributed by atoms with Gasteiger partial charge in [-0.1, -0.05) is 19.3 Å². The van der Waals surface area contributed by atoms with Crippen molar-refractivity contribution in [3.8, 4) is 0 Å². The Kier molecular flexibility index (Phi) is 3.97. The molecule has 1 aliphatic carbocycles. The lowest BCUT2D eigenvalue weighted by Crippen LogP contribution is -2.43. The minimum atomic E-state index is -0.373. The van der Waals surface area contributed by atoms with Crippen LogP contribution in [0, 0.1) is 12.3 Å². The van der Waals surface area contributed by atoms with E-state index < -0.39 is 0 Å². The first-order valence-electron chi connectivity index (χ1n) is 6.59. The Morgan fingerprint density at radius 1 is 1.39 bits per heavy atom. The van der Waals surface area contributed by atoms with Crippen molar-refractivity contribution in [1.29, 1.82) is 0 Å². The van der Waals surface area contributed by atoms with Crippen LogP contribution in [0.25, 0.3) is 0 Å². The Bertz CT molecular complexity index is 425. The van der Waals surface area contributed by atoms with E-state index in [0.717, 1.165) is 36.9 Å². The van der Waals surface area contributed by atoms with Crippen molar-refractivity contribution in [3.63, 3.8) is 0 Å². The van der Waals surface area contributed by atoms with E-state index >= 15 is 0 Å². The van der Waals surface area contributed by atoms with Crippen molar-refractivity contribution in [2.75, 3.05) is 11.9 Å². The highest BCUT2D eigenvalue weighted by molar-refractivity contribution is 5.95. The smallest absolute Gasteiger partial charge is 0.231 e. The van der Waals surface area contributed by atoms with E-state index in [0.29, 0.717) is 6.54 Å². The third-order valence-electron chi connectivity index (χ3n) is 3.82. The van der Waals surface area contributed by atoms with Crippen LogP contribution < -0.4 is 11.1 Å². The van der Waals surface area contributed by atoms with E-state index in [4.69, 9.17) is 5.73 Å². The van der Waals surface area contributed by atoms with Gasteiger partial charge in [-0.25, -0.2) is 0 Å². The van der Waals surface area contributed by atoms with Gasteiger partial charge in [-0.15, -0.1) is 0 Å². The molecule has 1 saturated carbocycles. The fourth-order valence-electron chi connectivity index (χ4n) is 2.64. The molecule has 3 N–H and O–H groups in total. The van der Waals surface area contributed by atoms with Crippen molar-refractivity contribution in [2.45, 2.75) is 39.0 Å². The van der Waals surface area contributed by atoms with Crippen LogP contribution in [0.1, 0.15) is 37.7 Å². The molecule has 1 aliphatic rings. The summed E-state index contributed by atoms with van der Waals surface area (Å²) in [7, 11) is 0. The van der Waals surface area contributed by atoms with Crippen molar-refractivity contribution >= 4 is 11.6 Å². The van der Waals surface area contributed by atoms with Gasteiger partial charge in [0.05, 0.1) is 17.3 Å². The highest BCUT2D eigenvalue weighted by Crippen LogP contribution is 2.36. The molecule has 0 aliphatic heterocycles. The van der Waals surface area contributed by atoms with Gasteiger partial charge in [-0.3, -0.25) is 9.78 Å². The molecule has 0 radical (unpaired) electrons. The summed E-state index contributed by atoms with van der Waals surface area (Å²) < 4.78 is 0. The Hall–Kier alpha value is -1.42. The monoisotopic (exact) mass is 247 g/mol. The molecule has 0 atom stereocenters. The number of nitrogens with zero attached hydrogens (tertiary/aromatic N) is 1. The van der Waals surface area contributed by atoms with Crippen LogP contribution in [-0.2, 0) is 4.79 Å². The maximum absolute atomic E-state index is 12.4. The summed E-state index contributed by atoms with van der Waals surface area (Å²) in [4.78, 5) is 16.5. The Balaban J connectivity index is 2.10. The van der Waals surface area contributed by atoms with Crippen LogP contribution >= 0.6 is 0 Å². The van der Waals surface area contributed by atoms with Gasteiger partial charge in [0.15, 0.2) is 0 Å². The molecule has 0 spiro atoms. The fraction of sp³-hybridized carbons (Fsp3) is 0.571. The number of anilines is 1. The lowest BCUT2D eigenvalue weighted by Gasteiger charge is -2.34. The number of carbonyl (C=O) groups excluding carboxylic acids is 1. The van der Waals surface area contributed by atoms with Gasteiger partial charge in [-0.05, 0) is 31.4 Å². The summed E-state index contributed by atoms with van der Waals surface area (Å²) in [6, 6.07) is 1.93. The first-order chi connectivity index (χ1) is 8.66. The highest BCUT2D eigenvalue weighted by Gasteiger charge is 2.38. The molecule has 1 amide bonds. The van der Waals surface area contributed by atoms with E-state index in [1.807, 2.05) is 13.0 Å². The van der Waals surface area contributed by atoms with Crippen molar-refractivity contribution in [2.24, 2.45) is 11.1 Å². The van der Waals surface area contributed by atoms with Crippen LogP contribution in [0.2, 0.25) is 0 Å². The minimum Gasteiger partial charge on any atom is -0.329 e. The molecular weight excluding hydrogens is 226 g/mol. The van der Waals surface area contributed by atoms with E-state index in [9.17, 15) is 4.79 Å². The molecule has 1 aromatic heterocycles. The number of hydrogen-bond donors (Lipinski definition) is 2. The number of pyridine rings is 1. The van der Waals surface area contributed by atoms with Crippen molar-refractivity contribution in [1.82, 2.24) is 4.98 Å². The molecule has 1 aromatic rings. The standard InChI is InChI=1S/C14H21N3O/c1-11-7-12(9-16-8-11)17-13(18)14(10-15)5-3-2-4-6-14/h7-9H,2-6,10,15H2,1H3,(H,17,18). The van der Waals surface area contributed by atoms with Crippen molar-refractivity contribution < 1.29 is 4.79 Å². The predicted octanol–water partition coefficient (Wildman–Crippen LogP) is 2.24. The molecule has 0 bridgehead atoms. The summed E-state index contributed by atoms with van der Waals surface area (Å²) >= 11 is 0. The zero-order valence-electron chi connectivity index (χ0n) is 10.9. The Morgan fingerprint density at radius 2 is 2.11 bits per heavy atom. The topological polar surface area (TPSA) is 68.0 Å². The lowest BCUT2D eigenvalue weighted by molar-refractivity contribution is -0.126. The molecule has 1 fully saturated rings. The maximum atomic E-state index is 12.4. The van der Waals surface area contributed by atoms with Crippen LogP contribution in [0.15, 0.2) is 18.5 Å². The highest BCUT2D eigenvalue weighted by atomic mass is 16.2. The second kappa shape index (κ2) is 5.48. The number of carbonyl (C=O) groups is 1. The summed E-state index contributed by atoms with van der Waals surface area (Å²) in [5.74, 6) is 0.0529. The molecule has 98 valence electrons. The van der Waals surface area contributed by atoms with Gasteiger partial charge in [0, 0.05) is 12.7 Å². The molecule has 1 heterocycles. The molecule has 0 unspecified atom stereocenters. The van der Waals surface area contributed by atoms with Gasteiger partial charge >= 0.3 is 0 Å². The number of rotatable bonds is 3. The molecule has 4 nitrogen and oxygen atoms in total. The van der Waals surface area contributed by atoms with Gasteiger partial charge < -0.3 is 11.1 Å². The first kappa shape index (κ1) is 13.0. The summed E-state index contributed by atoms with van der Waals surface area (Å²) in [5.41, 5.74) is 7.28. The number of nitrogens with two attached hydrogens (primary N) is 1. The number of hydrogen-bond acceptors (Lipinski definition) is 3. The van der Waals surface area contributed by atoms with E-state index in [-0.39, 0.29) is 11.3 Å². The van der Waals surface area contributed by atoms with Gasteiger partial charge in [0.25, 0.3) is 0 Å². The Labute approximate surface area is 108 Å². The van der Waals surface area contributed by atoms with Crippen molar-refractivity contribution in [3.05, 3.63) is 24.0 Å². The van der Waals surface area contributed by atoms with Gasteiger partial charge in [0.1, 0.15) is 0 Å². The average Bonchev–Trinajstić information content (AvgIpc) is 2.39. The second-order valence-electron chi connectivity index (χ2n) is 5.25. The van der Waals surface area contributed by atoms with E-state index in [1.54, 1.807) is 12.4 Å². The second-order valence-corrected chi connectivity index (χ2v) is 5.25. The quantitative estimate of drug-likeness (QED) is 0.860. The van der Waals surface area contributed by atoms with Gasteiger partial charge in [-0.2, -0.15) is 0 Å². The third-order valence-corrected chi connectivity index (χ3v) is 3.82. The van der Waals surface area contributed by atoms with Crippen LogP contribution in [-0.4, -0.2) is 17.4 Å². The van der Waals surface area contributed by atoms with Crippen LogP contribution in [0.4, 0.5) is 5.69 Å². The first-order valence-corrected chi connectivity index (χ1v) is 6.59. The van der Waals surface area contributed by atoms with E-state index in [1.165, 1.54) is 6.42 Å². The summed E-state index contributed by atoms with van der Waals surface area (Å²) in [5, 5.41) is 2.96. The lowest BCUT2D eigenvalue weighted by atomic mass is 9.73. The summed E-state index contributed by atoms with van der Waals surface area (Å²) in [6.45, 7) is 2.39. The number of nitrogens with one attached hydrogen (secondary N) is 1. The molecule has 2 rings (SSSR count). The number of aromatic nitrogens is 1. The van der Waals surface area contributed by atoms with Crippen LogP contribution in [0.3, 0.4) is 0 Å². The molecular formula is C14H21N3O. The zero-order chi connectivity index (χ0) is 13.0. The number of amides is 1. The third kappa shape index (κ3) is 2.70. The zero-order valence-corrected chi connectivity index (χ0v) is 10.9. The SMILES string of the molecule is Cc1cncc(NC(=O)C2(CN)CCCCC2)c1. The predicted molar refractivity (Wildman–Crippen MR) is 72.2 cm³/mol.